The van der Waals surface area contributed by atoms with Crippen molar-refractivity contribution in [2.45, 2.75) is 39.7 Å². The monoisotopic (exact) mass is 545 g/mol. The molecule has 2 aliphatic rings. The summed E-state index contributed by atoms with van der Waals surface area (Å²) in [6.45, 7) is 6.26. The topological polar surface area (TPSA) is 39.3 Å². The van der Waals surface area contributed by atoms with Crippen LogP contribution in [0.2, 0.25) is 0 Å². The molecule has 3 heterocycles. The third-order valence-corrected chi connectivity index (χ3v) is 9.09. The van der Waals surface area contributed by atoms with Gasteiger partial charge in [-0.3, -0.25) is 9.36 Å². The number of benzene rings is 3. The maximum atomic E-state index is 14.1. The van der Waals surface area contributed by atoms with E-state index in [0.717, 1.165) is 57.9 Å². The molecule has 0 radical (unpaired) electrons. The molecule has 0 saturated heterocycles. The summed E-state index contributed by atoms with van der Waals surface area (Å²) in [6, 6.07) is 25.2. The first kappa shape index (κ1) is 24.7. The fourth-order valence-electron chi connectivity index (χ4n) is 6.13. The highest BCUT2D eigenvalue weighted by atomic mass is 32.1. The summed E-state index contributed by atoms with van der Waals surface area (Å²) >= 11 is 1.42. The molecule has 40 heavy (non-hydrogen) atoms. The van der Waals surface area contributed by atoms with Gasteiger partial charge >= 0.3 is 0 Å². The Kier molecular flexibility index (Phi) is 5.82. The molecule has 0 saturated carbocycles. The van der Waals surface area contributed by atoms with Crippen molar-refractivity contribution >= 4 is 23.1 Å². The lowest BCUT2D eigenvalue weighted by atomic mass is 9.83. The predicted molar refractivity (Wildman–Crippen MR) is 159 cm³/mol. The number of thiazole rings is 1. The molecule has 0 fully saturated rings. The Morgan fingerprint density at radius 3 is 2.48 bits per heavy atom. The van der Waals surface area contributed by atoms with Gasteiger partial charge in [-0.05, 0) is 92.3 Å². The van der Waals surface area contributed by atoms with Crippen molar-refractivity contribution in [1.82, 2.24) is 9.13 Å². The molecule has 7 rings (SSSR count). The summed E-state index contributed by atoms with van der Waals surface area (Å²) < 4.78 is 18.6. The zero-order valence-corrected chi connectivity index (χ0v) is 23.4. The van der Waals surface area contributed by atoms with Gasteiger partial charge in [0.05, 0.1) is 16.3 Å². The average Bonchev–Trinajstić information content (AvgIpc) is 3.42. The lowest BCUT2D eigenvalue weighted by Gasteiger charge is -2.30. The Bertz CT molecular complexity index is 2010. The van der Waals surface area contributed by atoms with Crippen LogP contribution >= 0.6 is 11.3 Å². The van der Waals surface area contributed by atoms with Crippen molar-refractivity contribution in [3.05, 3.63) is 149 Å². The lowest BCUT2D eigenvalue weighted by Crippen LogP contribution is -2.38. The number of hydrogen-bond acceptors (Lipinski definition) is 3. The number of aromatic nitrogens is 2. The largest absolute Gasteiger partial charge is 0.318 e. The summed E-state index contributed by atoms with van der Waals surface area (Å²) in [7, 11) is 0. The molecule has 2 aromatic heterocycles. The zero-order valence-electron chi connectivity index (χ0n) is 22.6. The first-order valence-electron chi connectivity index (χ1n) is 13.5. The van der Waals surface area contributed by atoms with Gasteiger partial charge in [0, 0.05) is 22.6 Å². The quantitative estimate of drug-likeness (QED) is 0.267. The minimum Gasteiger partial charge on any atom is -0.318 e. The molecular weight excluding hydrogens is 517 g/mol. The highest BCUT2D eigenvalue weighted by Crippen LogP contribution is 2.41. The minimum absolute atomic E-state index is 0.0661. The Labute approximate surface area is 235 Å². The van der Waals surface area contributed by atoms with Crippen molar-refractivity contribution in [2.75, 3.05) is 0 Å². The smallest absolute Gasteiger partial charge is 0.271 e. The van der Waals surface area contributed by atoms with E-state index in [1.165, 1.54) is 34.6 Å². The number of aryl methyl sites for hydroxylation is 3. The van der Waals surface area contributed by atoms with Crippen LogP contribution in [0, 0.1) is 26.6 Å². The molecule has 5 aromatic rings. The predicted octanol–water partition coefficient (Wildman–Crippen LogP) is 6.17. The third kappa shape index (κ3) is 3.94. The molecule has 3 aromatic carbocycles. The Balaban J connectivity index is 1.43. The van der Waals surface area contributed by atoms with Crippen LogP contribution in [0.5, 0.6) is 0 Å². The van der Waals surface area contributed by atoms with E-state index in [1.54, 1.807) is 12.1 Å². The van der Waals surface area contributed by atoms with Crippen molar-refractivity contribution in [1.29, 1.82) is 0 Å². The second-order valence-corrected chi connectivity index (χ2v) is 11.7. The first-order chi connectivity index (χ1) is 19.4. The Morgan fingerprint density at radius 1 is 0.950 bits per heavy atom. The lowest BCUT2D eigenvalue weighted by molar-refractivity contribution is 0.581. The fraction of sp³-hybridized carbons (Fsp3) is 0.176. The number of halogens is 1. The summed E-state index contributed by atoms with van der Waals surface area (Å²) in [4.78, 5) is 19.8. The van der Waals surface area contributed by atoms with Gasteiger partial charge in [0.15, 0.2) is 4.80 Å². The highest BCUT2D eigenvalue weighted by molar-refractivity contribution is 7.07. The molecule has 0 N–H and O–H groups in total. The normalized spacial score (nSPS) is 16.4. The van der Waals surface area contributed by atoms with E-state index in [2.05, 4.69) is 73.9 Å². The number of rotatable bonds is 3. The van der Waals surface area contributed by atoms with Gasteiger partial charge in [0.1, 0.15) is 5.82 Å². The van der Waals surface area contributed by atoms with Crippen LogP contribution in [0.1, 0.15) is 51.7 Å². The van der Waals surface area contributed by atoms with Gasteiger partial charge in [-0.15, -0.1) is 0 Å². The molecule has 198 valence electrons. The Hall–Kier alpha value is -4.29. The van der Waals surface area contributed by atoms with Crippen molar-refractivity contribution < 1.29 is 4.39 Å². The van der Waals surface area contributed by atoms with Crippen LogP contribution in [-0.4, -0.2) is 9.13 Å². The van der Waals surface area contributed by atoms with Crippen LogP contribution in [0.25, 0.3) is 17.5 Å². The number of fused-ring (bicyclic) bond motifs is 3. The molecule has 6 heteroatoms. The van der Waals surface area contributed by atoms with Crippen molar-refractivity contribution in [2.24, 2.45) is 4.99 Å². The standard InChI is InChI=1S/C34H28FN3OS/c1-20-8-15-27(16-9-20)37-21(2)18-25(22(37)3)19-30-33(39)38-32(24-10-13-26(35)14-11-24)29-17-12-23-6-4-5-7-28(23)31(29)36-34(38)40-30/h4-11,13-16,18-19,32H,12,17H2,1-3H3/b30-19+/t32-/m0/s1. The van der Waals surface area contributed by atoms with E-state index < -0.39 is 0 Å². The van der Waals surface area contributed by atoms with Gasteiger partial charge in [-0.2, -0.15) is 0 Å². The van der Waals surface area contributed by atoms with Crippen LogP contribution in [0.4, 0.5) is 4.39 Å². The molecule has 1 aliphatic heterocycles. The maximum Gasteiger partial charge on any atom is 0.271 e. The summed E-state index contributed by atoms with van der Waals surface area (Å²) in [6.07, 6.45) is 3.69. The highest BCUT2D eigenvalue weighted by Gasteiger charge is 2.32. The average molecular weight is 546 g/mol. The van der Waals surface area contributed by atoms with Gasteiger partial charge in [-0.1, -0.05) is 65.4 Å². The molecule has 0 unspecified atom stereocenters. The molecule has 1 atom stereocenters. The first-order valence-corrected chi connectivity index (χ1v) is 14.4. The zero-order chi connectivity index (χ0) is 27.5. The minimum atomic E-state index is -0.317. The second kappa shape index (κ2) is 9.42. The SMILES string of the molecule is Cc1ccc(-n2c(C)cc(/C=c3/sc4n(c3=O)[C@@H](c3ccc(F)cc3)C3=C(N=4)c4ccccc4CC3)c2C)cc1. The van der Waals surface area contributed by atoms with Crippen molar-refractivity contribution in [3.8, 4) is 5.69 Å². The van der Waals surface area contributed by atoms with Crippen LogP contribution in [0.3, 0.4) is 0 Å². The van der Waals surface area contributed by atoms with Gasteiger partial charge in [-0.25, -0.2) is 9.38 Å². The fourth-order valence-corrected chi connectivity index (χ4v) is 7.13. The second-order valence-electron chi connectivity index (χ2n) is 10.7. The van der Waals surface area contributed by atoms with Gasteiger partial charge < -0.3 is 4.57 Å². The molecular formula is C34H28FN3OS. The Morgan fingerprint density at radius 2 is 1.70 bits per heavy atom. The van der Waals surface area contributed by atoms with E-state index in [1.807, 2.05) is 16.7 Å². The summed E-state index contributed by atoms with van der Waals surface area (Å²) in [5.74, 6) is -0.289. The molecule has 4 nitrogen and oxygen atoms in total. The van der Waals surface area contributed by atoms with E-state index in [-0.39, 0.29) is 17.4 Å². The van der Waals surface area contributed by atoms with Gasteiger partial charge in [0.25, 0.3) is 5.56 Å². The molecule has 0 amide bonds. The van der Waals surface area contributed by atoms with Crippen LogP contribution < -0.4 is 14.9 Å². The van der Waals surface area contributed by atoms with E-state index in [0.29, 0.717) is 9.33 Å². The van der Waals surface area contributed by atoms with Crippen LogP contribution in [-0.2, 0) is 6.42 Å². The summed E-state index contributed by atoms with van der Waals surface area (Å²) in [5, 5.41) is 0. The maximum absolute atomic E-state index is 14.1. The van der Waals surface area contributed by atoms with Crippen molar-refractivity contribution in [3.63, 3.8) is 0 Å². The molecule has 0 spiro atoms. The van der Waals surface area contributed by atoms with E-state index in [4.69, 9.17) is 4.99 Å². The summed E-state index contributed by atoms with van der Waals surface area (Å²) in [5.41, 5.74) is 10.8. The number of allylic oxidation sites excluding steroid dienone is 1. The third-order valence-electron chi connectivity index (χ3n) is 8.11. The van der Waals surface area contributed by atoms with E-state index in [9.17, 15) is 9.18 Å². The number of hydrogen-bond donors (Lipinski definition) is 0. The van der Waals surface area contributed by atoms with Gasteiger partial charge in [0.2, 0.25) is 0 Å². The van der Waals surface area contributed by atoms with E-state index >= 15 is 0 Å². The number of nitrogens with zero attached hydrogens (tertiary/aromatic N) is 3. The molecule has 0 bridgehead atoms. The molecule has 1 aliphatic carbocycles. The van der Waals surface area contributed by atoms with Crippen LogP contribution in [0.15, 0.2) is 94.2 Å².